The summed E-state index contributed by atoms with van der Waals surface area (Å²) >= 11 is 0. The first-order valence-corrected chi connectivity index (χ1v) is 7.47. The fraction of sp³-hybridized carbons (Fsp3) is 0.467. The van der Waals surface area contributed by atoms with Gasteiger partial charge in [0, 0.05) is 43.7 Å². The molecule has 1 saturated heterocycles. The lowest BCUT2D eigenvalue weighted by Crippen LogP contribution is -2.44. The third kappa shape index (κ3) is 3.59. The average molecular weight is 287 g/mol. The molecule has 0 bridgehead atoms. The van der Waals surface area contributed by atoms with Gasteiger partial charge in [-0.25, -0.2) is 0 Å². The molecule has 0 atom stereocenters. The van der Waals surface area contributed by atoms with E-state index < -0.39 is 0 Å². The number of aromatic nitrogens is 2. The van der Waals surface area contributed by atoms with E-state index in [2.05, 4.69) is 25.7 Å². The molecule has 0 radical (unpaired) electrons. The van der Waals surface area contributed by atoms with Crippen molar-refractivity contribution < 1.29 is 4.79 Å². The lowest BCUT2D eigenvalue weighted by molar-refractivity contribution is 0.0951. The highest BCUT2D eigenvalue weighted by molar-refractivity contribution is 5.97. The lowest BCUT2D eigenvalue weighted by Gasteiger charge is -2.27. The van der Waals surface area contributed by atoms with Gasteiger partial charge in [0.25, 0.3) is 5.91 Å². The molecule has 1 aliphatic heterocycles. The zero-order valence-electron chi connectivity index (χ0n) is 12.1. The second kappa shape index (κ2) is 6.69. The number of aromatic amines is 1. The van der Waals surface area contributed by atoms with E-state index in [0.717, 1.165) is 50.0 Å². The molecule has 21 heavy (non-hydrogen) atoms. The number of fused-ring (bicyclic) bond motifs is 1. The van der Waals surface area contributed by atoms with Gasteiger partial charge in [0.2, 0.25) is 0 Å². The van der Waals surface area contributed by atoms with Crippen LogP contribution in [0.15, 0.2) is 24.4 Å². The number of piperazine rings is 1. The van der Waals surface area contributed by atoms with Crippen LogP contribution in [0.4, 0.5) is 0 Å². The Hall–Kier alpha value is -1.92. The monoisotopic (exact) mass is 287 g/mol. The zero-order chi connectivity index (χ0) is 14.5. The molecule has 1 fully saturated rings. The van der Waals surface area contributed by atoms with Crippen molar-refractivity contribution in [2.75, 3.05) is 39.3 Å². The number of nitrogens with one attached hydrogen (secondary N) is 3. The van der Waals surface area contributed by atoms with Crippen molar-refractivity contribution in [3.05, 3.63) is 30.0 Å². The summed E-state index contributed by atoms with van der Waals surface area (Å²) < 4.78 is 0. The Bertz CT molecular complexity index is 603. The molecule has 112 valence electrons. The Labute approximate surface area is 123 Å². The van der Waals surface area contributed by atoms with Crippen LogP contribution >= 0.6 is 0 Å². The van der Waals surface area contributed by atoms with Crippen LogP contribution < -0.4 is 10.6 Å². The Morgan fingerprint density at radius 2 is 2.19 bits per heavy atom. The molecule has 1 aromatic carbocycles. The molecule has 0 aliphatic carbocycles. The number of H-pyrrole nitrogens is 1. The summed E-state index contributed by atoms with van der Waals surface area (Å²) in [6, 6.07) is 5.59. The highest BCUT2D eigenvalue weighted by Crippen LogP contribution is 2.12. The second-order valence-electron chi connectivity index (χ2n) is 5.37. The van der Waals surface area contributed by atoms with Gasteiger partial charge >= 0.3 is 0 Å². The standard InChI is InChI=1S/C15H21N5O/c21-15(12-2-3-13-11-18-19-14(13)10-12)17-4-1-7-20-8-5-16-6-9-20/h2-3,10-11,16H,1,4-9H2,(H,17,21)(H,18,19). The molecule has 3 rings (SSSR count). The van der Waals surface area contributed by atoms with Crippen molar-refractivity contribution in [1.82, 2.24) is 25.7 Å². The lowest BCUT2D eigenvalue weighted by atomic mass is 10.1. The van der Waals surface area contributed by atoms with E-state index in [0.29, 0.717) is 12.1 Å². The maximum absolute atomic E-state index is 12.1. The summed E-state index contributed by atoms with van der Waals surface area (Å²) in [6.07, 6.45) is 2.74. The minimum atomic E-state index is -0.0215. The largest absolute Gasteiger partial charge is 0.352 e. The van der Waals surface area contributed by atoms with E-state index in [4.69, 9.17) is 0 Å². The molecule has 0 spiro atoms. The van der Waals surface area contributed by atoms with Gasteiger partial charge in [0.05, 0.1) is 11.7 Å². The quantitative estimate of drug-likeness (QED) is 0.704. The average Bonchev–Trinajstić information content (AvgIpc) is 3.00. The smallest absolute Gasteiger partial charge is 0.251 e. The van der Waals surface area contributed by atoms with E-state index in [9.17, 15) is 4.79 Å². The van der Waals surface area contributed by atoms with Gasteiger partial charge in [-0.05, 0) is 25.1 Å². The first-order valence-electron chi connectivity index (χ1n) is 7.47. The summed E-state index contributed by atoms with van der Waals surface area (Å²) in [6.45, 7) is 6.09. The molecule has 1 aromatic heterocycles. The van der Waals surface area contributed by atoms with E-state index >= 15 is 0 Å². The Kier molecular flexibility index (Phi) is 4.47. The number of hydrogen-bond donors (Lipinski definition) is 3. The molecule has 3 N–H and O–H groups in total. The van der Waals surface area contributed by atoms with Crippen molar-refractivity contribution in [3.63, 3.8) is 0 Å². The molecule has 2 heterocycles. The number of amides is 1. The normalized spacial score (nSPS) is 16.2. The first kappa shape index (κ1) is 14.0. The van der Waals surface area contributed by atoms with Crippen molar-refractivity contribution in [3.8, 4) is 0 Å². The fourth-order valence-electron chi connectivity index (χ4n) is 2.62. The molecule has 6 heteroatoms. The molecule has 1 amide bonds. The molecular weight excluding hydrogens is 266 g/mol. The van der Waals surface area contributed by atoms with Crippen LogP contribution in [0.1, 0.15) is 16.8 Å². The van der Waals surface area contributed by atoms with Gasteiger partial charge < -0.3 is 15.5 Å². The Morgan fingerprint density at radius 3 is 3.05 bits per heavy atom. The molecule has 2 aromatic rings. The molecule has 0 unspecified atom stereocenters. The third-order valence-corrected chi connectivity index (χ3v) is 3.85. The number of carbonyl (C=O) groups is 1. The number of benzene rings is 1. The second-order valence-corrected chi connectivity index (χ2v) is 5.37. The summed E-state index contributed by atoms with van der Waals surface area (Å²) in [7, 11) is 0. The number of carbonyl (C=O) groups excluding carboxylic acids is 1. The Balaban J connectivity index is 1.45. The molecule has 6 nitrogen and oxygen atoms in total. The third-order valence-electron chi connectivity index (χ3n) is 3.85. The van der Waals surface area contributed by atoms with Crippen LogP contribution in [0.5, 0.6) is 0 Å². The van der Waals surface area contributed by atoms with Crippen molar-refractivity contribution in [1.29, 1.82) is 0 Å². The van der Waals surface area contributed by atoms with Crippen molar-refractivity contribution >= 4 is 16.8 Å². The van der Waals surface area contributed by atoms with Gasteiger partial charge in [0.1, 0.15) is 0 Å². The van der Waals surface area contributed by atoms with Gasteiger partial charge in [-0.3, -0.25) is 9.89 Å². The highest BCUT2D eigenvalue weighted by atomic mass is 16.1. The predicted octanol–water partition coefficient (Wildman–Crippen LogP) is 0.588. The topological polar surface area (TPSA) is 73.1 Å². The van der Waals surface area contributed by atoms with Crippen molar-refractivity contribution in [2.45, 2.75) is 6.42 Å². The fourth-order valence-corrected chi connectivity index (χ4v) is 2.62. The van der Waals surface area contributed by atoms with E-state index in [1.54, 1.807) is 6.20 Å². The highest BCUT2D eigenvalue weighted by Gasteiger charge is 2.10. The van der Waals surface area contributed by atoms with E-state index in [1.165, 1.54) is 0 Å². The van der Waals surface area contributed by atoms with E-state index in [-0.39, 0.29) is 5.91 Å². The van der Waals surface area contributed by atoms with Crippen LogP contribution in [-0.4, -0.2) is 60.3 Å². The number of nitrogens with zero attached hydrogens (tertiary/aromatic N) is 2. The van der Waals surface area contributed by atoms with E-state index in [1.807, 2.05) is 18.2 Å². The van der Waals surface area contributed by atoms with Crippen LogP contribution in [0.2, 0.25) is 0 Å². The van der Waals surface area contributed by atoms with Crippen LogP contribution in [0, 0.1) is 0 Å². The van der Waals surface area contributed by atoms with Crippen LogP contribution in [0.25, 0.3) is 10.9 Å². The number of hydrogen-bond acceptors (Lipinski definition) is 4. The summed E-state index contributed by atoms with van der Waals surface area (Å²) in [5, 5.41) is 14.2. The zero-order valence-corrected chi connectivity index (χ0v) is 12.1. The number of rotatable bonds is 5. The maximum Gasteiger partial charge on any atom is 0.251 e. The molecule has 1 aliphatic rings. The summed E-state index contributed by atoms with van der Waals surface area (Å²) in [5.41, 5.74) is 1.57. The minimum Gasteiger partial charge on any atom is -0.352 e. The Morgan fingerprint density at radius 1 is 1.33 bits per heavy atom. The van der Waals surface area contributed by atoms with Crippen LogP contribution in [-0.2, 0) is 0 Å². The van der Waals surface area contributed by atoms with Gasteiger partial charge in [0.15, 0.2) is 0 Å². The van der Waals surface area contributed by atoms with Crippen LogP contribution in [0.3, 0.4) is 0 Å². The molecular formula is C15H21N5O. The summed E-state index contributed by atoms with van der Waals surface area (Å²) in [5.74, 6) is -0.0215. The van der Waals surface area contributed by atoms with Gasteiger partial charge in [-0.1, -0.05) is 6.07 Å². The predicted molar refractivity (Wildman–Crippen MR) is 82.4 cm³/mol. The SMILES string of the molecule is O=C(NCCCN1CCNCC1)c1ccc2cn[nH]c2c1. The van der Waals surface area contributed by atoms with Crippen molar-refractivity contribution in [2.24, 2.45) is 0 Å². The molecule has 0 saturated carbocycles. The van der Waals surface area contributed by atoms with Gasteiger partial charge in [-0.15, -0.1) is 0 Å². The van der Waals surface area contributed by atoms with Gasteiger partial charge in [-0.2, -0.15) is 5.10 Å². The summed E-state index contributed by atoms with van der Waals surface area (Å²) in [4.78, 5) is 14.5. The maximum atomic E-state index is 12.1. The first-order chi connectivity index (χ1) is 10.3. The minimum absolute atomic E-state index is 0.0215.